The Morgan fingerprint density at radius 2 is 2.00 bits per heavy atom. The van der Waals surface area contributed by atoms with Gasteiger partial charge in [0.2, 0.25) is 5.82 Å². The molecule has 0 radical (unpaired) electrons. The molecule has 2 aromatic rings. The highest BCUT2D eigenvalue weighted by Crippen LogP contribution is 2.35. The summed E-state index contributed by atoms with van der Waals surface area (Å²) < 4.78 is 13.7. The second kappa shape index (κ2) is 5.52. The van der Waals surface area contributed by atoms with E-state index in [0.29, 0.717) is 0 Å². The molecule has 1 aliphatic carbocycles. The lowest BCUT2D eigenvalue weighted by Crippen LogP contribution is -2.18. The van der Waals surface area contributed by atoms with Crippen LogP contribution in [0.4, 0.5) is 15.8 Å². The summed E-state index contributed by atoms with van der Waals surface area (Å²) in [7, 11) is 0. The molecule has 0 fully saturated rings. The van der Waals surface area contributed by atoms with E-state index in [0.717, 1.165) is 30.9 Å². The van der Waals surface area contributed by atoms with E-state index in [9.17, 15) is 14.5 Å². The minimum absolute atomic E-state index is 0.0181. The van der Waals surface area contributed by atoms with E-state index < -0.39 is 16.4 Å². The third kappa shape index (κ3) is 2.59. The topological polar surface area (TPSA) is 55.2 Å². The Labute approximate surface area is 121 Å². The first kappa shape index (κ1) is 13.5. The van der Waals surface area contributed by atoms with Crippen LogP contribution in [0.3, 0.4) is 0 Å². The van der Waals surface area contributed by atoms with Gasteiger partial charge in [-0.05, 0) is 42.5 Å². The standard InChI is InChI=1S/C16H15FN2O2/c17-13-8-4-10-15(16(13)19(20)21)18-14-9-3-6-11-5-1-2-7-12(11)14/h1-2,4-5,7-8,10,14,18H,3,6,9H2. The predicted octanol–water partition coefficient (Wildman–Crippen LogP) is 4.22. The molecule has 1 unspecified atom stereocenters. The van der Waals surface area contributed by atoms with Gasteiger partial charge in [-0.2, -0.15) is 4.39 Å². The number of benzene rings is 2. The van der Waals surface area contributed by atoms with E-state index in [1.165, 1.54) is 11.6 Å². The molecule has 0 heterocycles. The number of aryl methyl sites for hydroxylation is 1. The van der Waals surface area contributed by atoms with Crippen LogP contribution in [-0.2, 0) is 6.42 Å². The van der Waals surface area contributed by atoms with Crippen LogP contribution >= 0.6 is 0 Å². The third-order valence-corrected chi connectivity index (χ3v) is 3.87. The normalized spacial score (nSPS) is 17.1. The van der Waals surface area contributed by atoms with E-state index in [4.69, 9.17) is 0 Å². The van der Waals surface area contributed by atoms with Crippen molar-refractivity contribution in [3.8, 4) is 0 Å². The minimum atomic E-state index is -0.811. The molecule has 0 saturated carbocycles. The number of hydrogen-bond donors (Lipinski definition) is 1. The Morgan fingerprint density at radius 1 is 1.19 bits per heavy atom. The van der Waals surface area contributed by atoms with Gasteiger partial charge in [-0.25, -0.2) is 0 Å². The Bertz CT molecular complexity index is 688. The van der Waals surface area contributed by atoms with Crippen molar-refractivity contribution in [1.29, 1.82) is 0 Å². The molecule has 5 heteroatoms. The smallest absolute Gasteiger partial charge is 0.327 e. The molecule has 2 aromatic carbocycles. The van der Waals surface area contributed by atoms with Gasteiger partial charge in [-0.3, -0.25) is 10.1 Å². The lowest BCUT2D eigenvalue weighted by molar-refractivity contribution is -0.386. The molecule has 1 N–H and O–H groups in total. The molecule has 108 valence electrons. The van der Waals surface area contributed by atoms with Crippen molar-refractivity contribution in [3.05, 3.63) is 69.5 Å². The van der Waals surface area contributed by atoms with Gasteiger partial charge < -0.3 is 5.32 Å². The highest BCUT2D eigenvalue weighted by atomic mass is 19.1. The second-order valence-corrected chi connectivity index (χ2v) is 5.18. The summed E-state index contributed by atoms with van der Waals surface area (Å²) in [4.78, 5) is 10.4. The maximum Gasteiger partial charge on any atom is 0.327 e. The number of para-hydroxylation sites is 1. The SMILES string of the molecule is O=[N+]([O-])c1c(F)cccc1NC1CCCc2ccccc21. The van der Waals surface area contributed by atoms with Gasteiger partial charge in [0, 0.05) is 0 Å². The summed E-state index contributed by atoms with van der Waals surface area (Å²) in [6, 6.07) is 12.2. The van der Waals surface area contributed by atoms with Crippen molar-refractivity contribution in [1.82, 2.24) is 0 Å². The minimum Gasteiger partial charge on any atom is -0.373 e. The first-order chi connectivity index (χ1) is 10.2. The Kier molecular flexibility index (Phi) is 3.56. The van der Waals surface area contributed by atoms with Gasteiger partial charge >= 0.3 is 5.69 Å². The number of rotatable bonds is 3. The molecule has 0 bridgehead atoms. The van der Waals surface area contributed by atoms with E-state index >= 15 is 0 Å². The van der Waals surface area contributed by atoms with Crippen LogP contribution in [0.15, 0.2) is 42.5 Å². The summed E-state index contributed by atoms with van der Waals surface area (Å²) in [5.74, 6) is -0.811. The Morgan fingerprint density at radius 3 is 2.81 bits per heavy atom. The third-order valence-electron chi connectivity index (χ3n) is 3.87. The molecule has 21 heavy (non-hydrogen) atoms. The quantitative estimate of drug-likeness (QED) is 0.678. The zero-order chi connectivity index (χ0) is 14.8. The number of nitro groups is 1. The van der Waals surface area contributed by atoms with Crippen molar-refractivity contribution in [2.45, 2.75) is 25.3 Å². The molecule has 0 amide bonds. The van der Waals surface area contributed by atoms with Crippen molar-refractivity contribution in [2.24, 2.45) is 0 Å². The Balaban J connectivity index is 1.96. The summed E-state index contributed by atoms with van der Waals surface area (Å²) >= 11 is 0. The first-order valence-electron chi connectivity index (χ1n) is 6.94. The van der Waals surface area contributed by atoms with Crippen LogP contribution in [0.25, 0.3) is 0 Å². The average molecular weight is 286 g/mol. The van der Waals surface area contributed by atoms with Crippen LogP contribution in [0, 0.1) is 15.9 Å². The lowest BCUT2D eigenvalue weighted by Gasteiger charge is -2.27. The lowest BCUT2D eigenvalue weighted by atomic mass is 9.87. The van der Waals surface area contributed by atoms with Gasteiger partial charge in [-0.1, -0.05) is 30.3 Å². The molecule has 4 nitrogen and oxygen atoms in total. The number of nitrogens with one attached hydrogen (secondary N) is 1. The van der Waals surface area contributed by atoms with Crippen LogP contribution in [0.5, 0.6) is 0 Å². The predicted molar refractivity (Wildman–Crippen MR) is 78.8 cm³/mol. The van der Waals surface area contributed by atoms with Crippen LogP contribution < -0.4 is 5.32 Å². The molecule has 0 spiro atoms. The van der Waals surface area contributed by atoms with Crippen molar-refractivity contribution in [3.63, 3.8) is 0 Å². The molecular weight excluding hydrogens is 271 g/mol. The van der Waals surface area contributed by atoms with E-state index in [-0.39, 0.29) is 11.7 Å². The monoisotopic (exact) mass is 286 g/mol. The number of hydrogen-bond acceptors (Lipinski definition) is 3. The van der Waals surface area contributed by atoms with Gasteiger partial charge in [0.1, 0.15) is 5.69 Å². The molecule has 3 rings (SSSR count). The molecule has 0 aromatic heterocycles. The maximum absolute atomic E-state index is 13.7. The largest absolute Gasteiger partial charge is 0.373 e. The van der Waals surface area contributed by atoms with Crippen molar-refractivity contribution >= 4 is 11.4 Å². The molecular formula is C16H15FN2O2. The highest BCUT2D eigenvalue weighted by molar-refractivity contribution is 5.63. The summed E-state index contributed by atoms with van der Waals surface area (Å²) in [6.45, 7) is 0. The number of nitro benzene ring substituents is 1. The number of anilines is 1. The van der Waals surface area contributed by atoms with Gasteiger partial charge in [0.05, 0.1) is 11.0 Å². The van der Waals surface area contributed by atoms with Gasteiger partial charge in [-0.15, -0.1) is 0 Å². The fourth-order valence-electron chi connectivity index (χ4n) is 2.91. The van der Waals surface area contributed by atoms with Crippen LogP contribution in [0.2, 0.25) is 0 Å². The second-order valence-electron chi connectivity index (χ2n) is 5.18. The molecule has 1 atom stereocenters. The molecule has 0 aliphatic heterocycles. The van der Waals surface area contributed by atoms with Gasteiger partial charge in [0.25, 0.3) is 0 Å². The number of fused-ring (bicyclic) bond motifs is 1. The molecule has 1 aliphatic rings. The van der Waals surface area contributed by atoms with Crippen molar-refractivity contribution < 1.29 is 9.31 Å². The zero-order valence-corrected chi connectivity index (χ0v) is 11.4. The Hall–Kier alpha value is -2.43. The van der Waals surface area contributed by atoms with E-state index in [1.54, 1.807) is 6.07 Å². The maximum atomic E-state index is 13.7. The summed E-state index contributed by atoms with van der Waals surface area (Å²) in [5, 5.41) is 14.2. The van der Waals surface area contributed by atoms with Gasteiger partial charge in [0.15, 0.2) is 0 Å². The first-order valence-corrected chi connectivity index (χ1v) is 6.94. The number of halogens is 1. The fourth-order valence-corrected chi connectivity index (χ4v) is 2.91. The highest BCUT2D eigenvalue weighted by Gasteiger charge is 2.25. The fraction of sp³-hybridized carbons (Fsp3) is 0.250. The van der Waals surface area contributed by atoms with Crippen LogP contribution in [-0.4, -0.2) is 4.92 Å². The van der Waals surface area contributed by atoms with E-state index in [1.807, 2.05) is 18.2 Å². The van der Waals surface area contributed by atoms with E-state index in [2.05, 4.69) is 11.4 Å². The van der Waals surface area contributed by atoms with Crippen molar-refractivity contribution in [2.75, 3.05) is 5.32 Å². The average Bonchev–Trinajstić information content (AvgIpc) is 2.47. The zero-order valence-electron chi connectivity index (χ0n) is 11.4. The number of nitrogens with zero attached hydrogens (tertiary/aromatic N) is 1. The molecule has 0 saturated heterocycles. The van der Waals surface area contributed by atoms with Crippen LogP contribution in [0.1, 0.15) is 30.0 Å². The summed E-state index contributed by atoms with van der Waals surface area (Å²) in [5.41, 5.74) is 2.14. The summed E-state index contributed by atoms with van der Waals surface area (Å²) in [6.07, 6.45) is 2.90.